The third-order valence-corrected chi connectivity index (χ3v) is 3.56. The minimum Gasteiger partial charge on any atom is -0.288 e. The number of carbonyl (C=O) groups is 1. The number of hydrogen-bond donors (Lipinski definition) is 0. The molecule has 0 saturated heterocycles. The monoisotopic (exact) mass is 220 g/mol. The van der Waals surface area contributed by atoms with E-state index in [1.807, 2.05) is 32.3 Å². The fraction of sp³-hybridized carbons (Fsp3) is 0.273. The van der Waals surface area contributed by atoms with Crippen molar-refractivity contribution in [1.82, 2.24) is 9.78 Å². The van der Waals surface area contributed by atoms with Crippen LogP contribution < -0.4 is 0 Å². The standard InChI is InChI=1S/C11H12N2OS/c1-7-4-5-15-11(7)10(14)9-6-12-13(3)8(9)2/h4-6H,1-3H3. The molecule has 15 heavy (non-hydrogen) atoms. The fourth-order valence-electron chi connectivity index (χ4n) is 1.45. The van der Waals surface area contributed by atoms with Crippen LogP contribution in [0.5, 0.6) is 0 Å². The summed E-state index contributed by atoms with van der Waals surface area (Å²) in [4.78, 5) is 12.9. The van der Waals surface area contributed by atoms with E-state index < -0.39 is 0 Å². The Hall–Kier alpha value is -1.42. The largest absolute Gasteiger partial charge is 0.288 e. The van der Waals surface area contributed by atoms with Crippen molar-refractivity contribution < 1.29 is 4.79 Å². The number of aryl methyl sites for hydroxylation is 2. The minimum absolute atomic E-state index is 0.0769. The maximum absolute atomic E-state index is 12.1. The van der Waals surface area contributed by atoms with Crippen molar-refractivity contribution in [2.75, 3.05) is 0 Å². The number of rotatable bonds is 2. The summed E-state index contributed by atoms with van der Waals surface area (Å²) < 4.78 is 1.72. The number of nitrogens with zero attached hydrogens (tertiary/aromatic N) is 2. The van der Waals surface area contributed by atoms with Gasteiger partial charge in [0, 0.05) is 12.7 Å². The topological polar surface area (TPSA) is 34.9 Å². The highest BCUT2D eigenvalue weighted by molar-refractivity contribution is 7.12. The van der Waals surface area contributed by atoms with Gasteiger partial charge in [0.05, 0.1) is 16.6 Å². The molecular formula is C11H12N2OS. The number of carbonyl (C=O) groups excluding carboxylic acids is 1. The lowest BCUT2D eigenvalue weighted by Gasteiger charge is -1.99. The Balaban J connectivity index is 2.46. The first-order valence-corrected chi connectivity index (χ1v) is 5.56. The maximum atomic E-state index is 12.1. The summed E-state index contributed by atoms with van der Waals surface area (Å²) in [6, 6.07) is 1.96. The average molecular weight is 220 g/mol. The molecule has 0 atom stereocenters. The van der Waals surface area contributed by atoms with Gasteiger partial charge in [-0.15, -0.1) is 11.3 Å². The van der Waals surface area contributed by atoms with E-state index in [9.17, 15) is 4.79 Å². The zero-order valence-corrected chi connectivity index (χ0v) is 9.76. The Bertz CT molecular complexity index is 510. The van der Waals surface area contributed by atoms with E-state index in [-0.39, 0.29) is 5.78 Å². The Morgan fingerprint density at radius 2 is 2.20 bits per heavy atom. The van der Waals surface area contributed by atoms with Gasteiger partial charge in [0.2, 0.25) is 5.78 Å². The first kappa shape index (κ1) is 10.1. The highest BCUT2D eigenvalue weighted by atomic mass is 32.1. The molecule has 0 N–H and O–H groups in total. The lowest BCUT2D eigenvalue weighted by atomic mass is 10.1. The van der Waals surface area contributed by atoms with Gasteiger partial charge in [0.15, 0.2) is 0 Å². The van der Waals surface area contributed by atoms with Gasteiger partial charge in [-0.3, -0.25) is 9.48 Å². The predicted octanol–water partition coefficient (Wildman–Crippen LogP) is 2.33. The maximum Gasteiger partial charge on any atom is 0.206 e. The summed E-state index contributed by atoms with van der Waals surface area (Å²) >= 11 is 1.48. The molecule has 0 aliphatic heterocycles. The molecule has 2 heterocycles. The van der Waals surface area contributed by atoms with Crippen LogP contribution in [0.4, 0.5) is 0 Å². The summed E-state index contributed by atoms with van der Waals surface area (Å²) in [6.07, 6.45) is 1.64. The van der Waals surface area contributed by atoms with E-state index in [0.29, 0.717) is 5.56 Å². The molecule has 2 rings (SSSR count). The smallest absolute Gasteiger partial charge is 0.206 e. The van der Waals surface area contributed by atoms with Crippen LogP contribution in [0.1, 0.15) is 26.5 Å². The second-order valence-corrected chi connectivity index (χ2v) is 4.45. The molecule has 4 heteroatoms. The molecule has 0 spiro atoms. The predicted molar refractivity (Wildman–Crippen MR) is 60.4 cm³/mol. The van der Waals surface area contributed by atoms with Crippen molar-refractivity contribution in [3.05, 3.63) is 39.3 Å². The van der Waals surface area contributed by atoms with Crippen molar-refractivity contribution in [2.24, 2.45) is 7.05 Å². The van der Waals surface area contributed by atoms with E-state index in [4.69, 9.17) is 0 Å². The summed E-state index contributed by atoms with van der Waals surface area (Å²) in [5.41, 5.74) is 2.64. The van der Waals surface area contributed by atoms with Crippen molar-refractivity contribution >= 4 is 17.1 Å². The molecule has 0 bridgehead atoms. The van der Waals surface area contributed by atoms with Crippen LogP contribution in [0.25, 0.3) is 0 Å². The van der Waals surface area contributed by atoms with Crippen LogP contribution in [-0.2, 0) is 7.05 Å². The number of thiophene rings is 1. The van der Waals surface area contributed by atoms with Crippen LogP contribution in [-0.4, -0.2) is 15.6 Å². The quantitative estimate of drug-likeness (QED) is 0.728. The van der Waals surface area contributed by atoms with Crippen molar-refractivity contribution in [2.45, 2.75) is 13.8 Å². The highest BCUT2D eigenvalue weighted by Crippen LogP contribution is 2.21. The van der Waals surface area contributed by atoms with E-state index in [0.717, 1.165) is 16.1 Å². The van der Waals surface area contributed by atoms with Crippen molar-refractivity contribution in [3.63, 3.8) is 0 Å². The molecule has 0 saturated carbocycles. The van der Waals surface area contributed by atoms with Gasteiger partial charge in [-0.05, 0) is 30.9 Å². The van der Waals surface area contributed by atoms with Gasteiger partial charge in [-0.1, -0.05) is 0 Å². The molecule has 0 unspecified atom stereocenters. The Morgan fingerprint density at radius 1 is 1.47 bits per heavy atom. The summed E-state index contributed by atoms with van der Waals surface area (Å²) in [6.45, 7) is 3.86. The van der Waals surface area contributed by atoms with Gasteiger partial charge >= 0.3 is 0 Å². The third kappa shape index (κ3) is 1.61. The van der Waals surface area contributed by atoms with E-state index in [1.54, 1.807) is 10.9 Å². The molecule has 0 fully saturated rings. The SMILES string of the molecule is Cc1ccsc1C(=O)c1cnn(C)c1C. The first-order chi connectivity index (χ1) is 7.11. The zero-order valence-electron chi connectivity index (χ0n) is 8.94. The molecule has 3 nitrogen and oxygen atoms in total. The molecule has 0 aliphatic carbocycles. The number of hydrogen-bond acceptors (Lipinski definition) is 3. The van der Waals surface area contributed by atoms with Gasteiger partial charge in [0.1, 0.15) is 0 Å². The summed E-state index contributed by atoms with van der Waals surface area (Å²) in [5, 5.41) is 6.02. The Kier molecular flexibility index (Phi) is 2.44. The van der Waals surface area contributed by atoms with E-state index >= 15 is 0 Å². The first-order valence-electron chi connectivity index (χ1n) is 4.68. The van der Waals surface area contributed by atoms with Gasteiger partial charge in [0.25, 0.3) is 0 Å². The number of aromatic nitrogens is 2. The fourth-order valence-corrected chi connectivity index (χ4v) is 2.33. The third-order valence-electron chi connectivity index (χ3n) is 2.55. The molecular weight excluding hydrogens is 208 g/mol. The lowest BCUT2D eigenvalue weighted by Crippen LogP contribution is -2.02. The Morgan fingerprint density at radius 3 is 2.67 bits per heavy atom. The molecule has 2 aromatic heterocycles. The van der Waals surface area contributed by atoms with Gasteiger partial charge in [-0.25, -0.2) is 0 Å². The highest BCUT2D eigenvalue weighted by Gasteiger charge is 2.17. The van der Waals surface area contributed by atoms with Crippen molar-refractivity contribution in [3.8, 4) is 0 Å². The van der Waals surface area contributed by atoms with Crippen LogP contribution in [0.15, 0.2) is 17.6 Å². The summed E-state index contributed by atoms with van der Waals surface area (Å²) in [7, 11) is 1.84. The molecule has 0 radical (unpaired) electrons. The lowest BCUT2D eigenvalue weighted by molar-refractivity contribution is 0.104. The zero-order chi connectivity index (χ0) is 11.0. The normalized spacial score (nSPS) is 10.6. The Labute approximate surface area is 92.4 Å². The second kappa shape index (κ2) is 3.62. The van der Waals surface area contributed by atoms with Crippen molar-refractivity contribution in [1.29, 1.82) is 0 Å². The van der Waals surface area contributed by atoms with Crippen LogP contribution in [0.3, 0.4) is 0 Å². The molecule has 0 aromatic carbocycles. The second-order valence-electron chi connectivity index (χ2n) is 3.53. The molecule has 2 aromatic rings. The van der Waals surface area contributed by atoms with Crippen LogP contribution in [0.2, 0.25) is 0 Å². The van der Waals surface area contributed by atoms with E-state index in [1.165, 1.54) is 11.3 Å². The van der Waals surface area contributed by atoms with E-state index in [2.05, 4.69) is 5.10 Å². The molecule has 78 valence electrons. The van der Waals surface area contributed by atoms with Crippen LogP contribution >= 0.6 is 11.3 Å². The van der Waals surface area contributed by atoms with Gasteiger partial charge < -0.3 is 0 Å². The minimum atomic E-state index is 0.0769. The molecule has 0 aliphatic rings. The average Bonchev–Trinajstić information content (AvgIpc) is 2.75. The van der Waals surface area contributed by atoms with Gasteiger partial charge in [-0.2, -0.15) is 5.10 Å². The summed E-state index contributed by atoms with van der Waals surface area (Å²) in [5.74, 6) is 0.0769. The molecule has 0 amide bonds. The van der Waals surface area contributed by atoms with Crippen LogP contribution in [0, 0.1) is 13.8 Å². The number of ketones is 1.